The molecule has 0 unspecified atom stereocenters. The molecule has 0 saturated carbocycles. The van der Waals surface area contributed by atoms with Gasteiger partial charge in [0.1, 0.15) is 5.75 Å². The molecule has 0 aliphatic heterocycles. The first-order chi connectivity index (χ1) is 12.2. The summed E-state index contributed by atoms with van der Waals surface area (Å²) in [6.07, 6.45) is 1.74. The number of rotatable bonds is 3. The van der Waals surface area contributed by atoms with Crippen molar-refractivity contribution >= 4 is 28.2 Å². The molecule has 4 aromatic rings. The van der Waals surface area contributed by atoms with Crippen LogP contribution in [0.4, 0.5) is 11.4 Å². The first-order valence-electron chi connectivity index (χ1n) is 7.99. The summed E-state index contributed by atoms with van der Waals surface area (Å²) in [6.45, 7) is 0. The molecule has 4 nitrogen and oxygen atoms in total. The molecule has 0 fully saturated rings. The highest BCUT2D eigenvalue weighted by atomic mass is 16.3. The van der Waals surface area contributed by atoms with Crippen LogP contribution >= 0.6 is 0 Å². The molecule has 0 spiro atoms. The largest absolute Gasteiger partial charge is 0.508 e. The predicted octanol–water partition coefficient (Wildman–Crippen LogP) is 4.85. The number of anilines is 2. The van der Waals surface area contributed by atoms with Gasteiger partial charge in [-0.1, -0.05) is 36.4 Å². The van der Waals surface area contributed by atoms with Crippen molar-refractivity contribution in [2.45, 2.75) is 0 Å². The Morgan fingerprint density at radius 2 is 1.44 bits per heavy atom. The van der Waals surface area contributed by atoms with E-state index in [2.05, 4.69) is 4.98 Å². The standard InChI is InChI=1S/C21H16N2O2/c24-17-12-10-16(11-13-17)23(15-6-2-1-3-7-15)21(25)19-14-22-20-9-5-4-8-18(19)20/h1-14,22,24H. The molecule has 122 valence electrons. The second-order valence-electron chi connectivity index (χ2n) is 5.74. The maximum atomic E-state index is 13.3. The maximum Gasteiger partial charge on any atom is 0.264 e. The lowest BCUT2D eigenvalue weighted by Gasteiger charge is -2.23. The Bertz CT molecular complexity index is 1020. The summed E-state index contributed by atoms with van der Waals surface area (Å²) in [5.41, 5.74) is 2.99. The van der Waals surface area contributed by atoms with E-state index in [0.29, 0.717) is 11.3 Å². The summed E-state index contributed by atoms with van der Waals surface area (Å²) in [7, 11) is 0. The number of aromatic amines is 1. The molecule has 25 heavy (non-hydrogen) atoms. The van der Waals surface area contributed by atoms with Gasteiger partial charge in [0, 0.05) is 28.5 Å². The molecule has 4 rings (SSSR count). The van der Waals surface area contributed by atoms with Crippen LogP contribution in [-0.4, -0.2) is 16.0 Å². The molecular weight excluding hydrogens is 312 g/mol. The van der Waals surface area contributed by atoms with Gasteiger partial charge >= 0.3 is 0 Å². The minimum Gasteiger partial charge on any atom is -0.508 e. The fourth-order valence-corrected chi connectivity index (χ4v) is 2.93. The molecule has 1 aromatic heterocycles. The smallest absolute Gasteiger partial charge is 0.264 e. The average Bonchev–Trinajstić information content (AvgIpc) is 3.08. The van der Waals surface area contributed by atoms with Crippen LogP contribution in [0.5, 0.6) is 5.75 Å². The molecule has 2 N–H and O–H groups in total. The number of aromatic nitrogens is 1. The molecule has 1 amide bonds. The first kappa shape index (κ1) is 15.0. The highest BCUT2D eigenvalue weighted by Gasteiger charge is 2.22. The van der Waals surface area contributed by atoms with Crippen LogP contribution in [-0.2, 0) is 0 Å². The highest BCUT2D eigenvalue weighted by molar-refractivity contribution is 6.17. The topological polar surface area (TPSA) is 56.3 Å². The van der Waals surface area contributed by atoms with Crippen molar-refractivity contribution in [1.29, 1.82) is 0 Å². The number of aromatic hydroxyl groups is 1. The maximum absolute atomic E-state index is 13.3. The highest BCUT2D eigenvalue weighted by Crippen LogP contribution is 2.30. The fourth-order valence-electron chi connectivity index (χ4n) is 2.93. The Balaban J connectivity index is 1.85. The van der Waals surface area contributed by atoms with Crippen LogP contribution in [0, 0.1) is 0 Å². The quantitative estimate of drug-likeness (QED) is 0.565. The van der Waals surface area contributed by atoms with E-state index in [0.717, 1.165) is 16.6 Å². The zero-order valence-corrected chi connectivity index (χ0v) is 13.4. The zero-order valence-electron chi connectivity index (χ0n) is 13.4. The van der Waals surface area contributed by atoms with Gasteiger partial charge in [0.2, 0.25) is 0 Å². The van der Waals surface area contributed by atoms with Crippen LogP contribution in [0.15, 0.2) is 85.1 Å². The number of para-hydroxylation sites is 2. The summed E-state index contributed by atoms with van der Waals surface area (Å²) in [4.78, 5) is 18.1. The number of nitrogens with zero attached hydrogens (tertiary/aromatic N) is 1. The number of fused-ring (bicyclic) bond motifs is 1. The van der Waals surface area contributed by atoms with Gasteiger partial charge in [-0.3, -0.25) is 9.69 Å². The summed E-state index contributed by atoms with van der Waals surface area (Å²) >= 11 is 0. The van der Waals surface area contributed by atoms with Crippen molar-refractivity contribution < 1.29 is 9.90 Å². The number of phenols is 1. The SMILES string of the molecule is O=C(c1c[nH]c2ccccc12)N(c1ccccc1)c1ccc(O)cc1. The van der Waals surface area contributed by atoms with Crippen LogP contribution in [0.25, 0.3) is 10.9 Å². The molecule has 0 aliphatic carbocycles. The molecule has 4 heteroatoms. The van der Waals surface area contributed by atoms with Gasteiger partial charge in [-0.2, -0.15) is 0 Å². The summed E-state index contributed by atoms with van der Waals surface area (Å²) in [6, 6.07) is 23.8. The summed E-state index contributed by atoms with van der Waals surface area (Å²) in [5, 5.41) is 10.4. The number of hydrogen-bond donors (Lipinski definition) is 2. The Hall–Kier alpha value is -3.53. The van der Waals surface area contributed by atoms with Crippen molar-refractivity contribution in [1.82, 2.24) is 4.98 Å². The van der Waals surface area contributed by atoms with E-state index < -0.39 is 0 Å². The molecular formula is C21H16N2O2. The third-order valence-corrected chi connectivity index (χ3v) is 4.15. The number of phenolic OH excluding ortho intramolecular Hbond substituents is 1. The van der Waals surface area contributed by atoms with Gasteiger partial charge in [-0.25, -0.2) is 0 Å². The van der Waals surface area contributed by atoms with E-state index in [1.807, 2.05) is 54.6 Å². The molecule has 0 saturated heterocycles. The van der Waals surface area contributed by atoms with E-state index in [9.17, 15) is 9.90 Å². The Morgan fingerprint density at radius 3 is 2.20 bits per heavy atom. The normalized spacial score (nSPS) is 10.7. The van der Waals surface area contributed by atoms with Gasteiger partial charge in [0.05, 0.1) is 5.56 Å². The number of carbonyl (C=O) groups is 1. The average molecular weight is 328 g/mol. The van der Waals surface area contributed by atoms with Crippen molar-refractivity contribution in [3.63, 3.8) is 0 Å². The van der Waals surface area contributed by atoms with Gasteiger partial charge in [0.15, 0.2) is 0 Å². The molecule has 0 atom stereocenters. The van der Waals surface area contributed by atoms with Gasteiger partial charge < -0.3 is 10.1 Å². The van der Waals surface area contributed by atoms with Gasteiger partial charge in [-0.15, -0.1) is 0 Å². The Kier molecular flexibility index (Phi) is 3.71. The minimum absolute atomic E-state index is 0.130. The number of H-pyrrole nitrogens is 1. The van der Waals surface area contributed by atoms with Crippen LogP contribution in [0.2, 0.25) is 0 Å². The lowest BCUT2D eigenvalue weighted by molar-refractivity contribution is 0.100. The Morgan fingerprint density at radius 1 is 0.800 bits per heavy atom. The first-order valence-corrected chi connectivity index (χ1v) is 7.99. The summed E-state index contributed by atoms with van der Waals surface area (Å²) < 4.78 is 0. The molecule has 3 aromatic carbocycles. The second kappa shape index (κ2) is 6.17. The fraction of sp³-hybridized carbons (Fsp3) is 0. The van der Waals surface area contributed by atoms with Crippen LogP contribution in [0.3, 0.4) is 0 Å². The minimum atomic E-state index is -0.130. The number of nitrogens with one attached hydrogen (secondary N) is 1. The van der Waals surface area contributed by atoms with Gasteiger partial charge in [0.25, 0.3) is 5.91 Å². The lowest BCUT2D eigenvalue weighted by atomic mass is 10.1. The van der Waals surface area contributed by atoms with E-state index in [4.69, 9.17) is 0 Å². The van der Waals surface area contributed by atoms with E-state index >= 15 is 0 Å². The number of benzene rings is 3. The van der Waals surface area contributed by atoms with E-state index in [-0.39, 0.29) is 11.7 Å². The van der Waals surface area contributed by atoms with E-state index in [1.165, 1.54) is 0 Å². The zero-order chi connectivity index (χ0) is 17.2. The number of carbonyl (C=O) groups excluding carboxylic acids is 1. The summed E-state index contributed by atoms with van der Waals surface area (Å²) in [5.74, 6) is 0.0330. The molecule has 0 aliphatic rings. The molecule has 1 heterocycles. The van der Waals surface area contributed by atoms with Crippen molar-refractivity contribution in [2.75, 3.05) is 4.90 Å². The second-order valence-corrected chi connectivity index (χ2v) is 5.74. The van der Waals surface area contributed by atoms with Crippen molar-refractivity contribution in [3.8, 4) is 5.75 Å². The van der Waals surface area contributed by atoms with Gasteiger partial charge in [-0.05, 0) is 42.5 Å². The van der Waals surface area contributed by atoms with Crippen LogP contribution in [0.1, 0.15) is 10.4 Å². The number of hydrogen-bond acceptors (Lipinski definition) is 2. The predicted molar refractivity (Wildman–Crippen MR) is 99.3 cm³/mol. The lowest BCUT2D eigenvalue weighted by Crippen LogP contribution is -2.25. The van der Waals surface area contributed by atoms with Crippen molar-refractivity contribution in [3.05, 3.63) is 90.6 Å². The monoisotopic (exact) mass is 328 g/mol. The van der Waals surface area contributed by atoms with Crippen LogP contribution < -0.4 is 4.90 Å². The van der Waals surface area contributed by atoms with E-state index in [1.54, 1.807) is 35.4 Å². The molecule has 0 bridgehead atoms. The third kappa shape index (κ3) is 2.74. The Labute approximate surface area is 145 Å². The third-order valence-electron chi connectivity index (χ3n) is 4.15. The van der Waals surface area contributed by atoms with Crippen molar-refractivity contribution in [2.24, 2.45) is 0 Å². The number of amides is 1. The molecule has 0 radical (unpaired) electrons.